The average Bonchev–Trinajstić information content (AvgIpc) is 2.80. The van der Waals surface area contributed by atoms with Crippen LogP contribution in [0.15, 0.2) is 24.3 Å². The fraction of sp³-hybridized carbons (Fsp3) is 0.647. The van der Waals surface area contributed by atoms with Gasteiger partial charge in [-0.25, -0.2) is 0 Å². The molecule has 2 aromatic rings. The molecule has 0 saturated carbocycles. The van der Waals surface area contributed by atoms with E-state index in [2.05, 4.69) is 87.4 Å². The summed E-state index contributed by atoms with van der Waals surface area (Å²) in [5.74, 6) is 0.628. The van der Waals surface area contributed by atoms with Crippen LogP contribution in [0.4, 0.5) is 0 Å². The first-order valence-electron chi connectivity index (χ1n) is 14.9. The van der Waals surface area contributed by atoms with Gasteiger partial charge in [-0.15, -0.1) is 0 Å². The molecule has 0 aromatic heterocycles. The van der Waals surface area contributed by atoms with E-state index in [4.69, 9.17) is 13.6 Å². The van der Waals surface area contributed by atoms with Crippen molar-refractivity contribution in [3.8, 4) is 11.5 Å². The van der Waals surface area contributed by atoms with Crippen LogP contribution >= 0.6 is 7.28 Å². The first-order chi connectivity index (χ1) is 18.3. The maximum absolute atomic E-state index is 11.3. The molecule has 0 radical (unpaired) electrons. The average molecular weight is 577 g/mol. The molecule has 0 heterocycles. The molecular weight excluding hydrogens is 519 g/mol. The van der Waals surface area contributed by atoms with Crippen LogP contribution in [0.3, 0.4) is 0 Å². The summed E-state index contributed by atoms with van der Waals surface area (Å²) in [6, 6.07) is 8.04. The molecule has 6 heteroatoms. The summed E-state index contributed by atoms with van der Waals surface area (Å²) in [6.45, 7) is 28.3. The van der Waals surface area contributed by atoms with Crippen molar-refractivity contribution in [2.75, 3.05) is 19.4 Å². The molecule has 0 aliphatic heterocycles. The van der Waals surface area contributed by atoms with Gasteiger partial charge in [0.15, 0.2) is 0 Å². The van der Waals surface area contributed by atoms with Gasteiger partial charge in [-0.1, -0.05) is 0 Å². The number of benzene rings is 2. The van der Waals surface area contributed by atoms with E-state index in [1.807, 2.05) is 26.8 Å². The molecule has 2 N–H and O–H groups in total. The second-order valence-electron chi connectivity index (χ2n) is 14.2. The van der Waals surface area contributed by atoms with Crippen LogP contribution in [-0.2, 0) is 36.4 Å². The third-order valence-corrected chi connectivity index (χ3v) is 12.3. The van der Waals surface area contributed by atoms with E-state index in [1.54, 1.807) is 0 Å². The molecule has 0 spiro atoms. The van der Waals surface area contributed by atoms with E-state index in [9.17, 15) is 10.2 Å². The van der Waals surface area contributed by atoms with E-state index in [1.165, 1.54) is 0 Å². The SMILES string of the molecule is CCCCP(OCC)(OCC)(OCc1cc(C(C)(C)C)c(O)c(C(C)(C)C)c1)c1cc(C(C)(C)C)c(O)cc1C. The Morgan fingerprint density at radius 1 is 0.675 bits per heavy atom. The van der Waals surface area contributed by atoms with Gasteiger partial charge in [0.25, 0.3) is 0 Å². The maximum atomic E-state index is 11.3. The second kappa shape index (κ2) is 12.3. The van der Waals surface area contributed by atoms with Crippen molar-refractivity contribution >= 4 is 12.6 Å². The number of phenols is 2. The monoisotopic (exact) mass is 576 g/mol. The molecule has 40 heavy (non-hydrogen) atoms. The van der Waals surface area contributed by atoms with Crippen molar-refractivity contribution in [2.45, 2.75) is 126 Å². The number of hydrogen-bond donors (Lipinski definition) is 2. The number of aromatic hydroxyl groups is 2. The first kappa shape index (κ1) is 34.6. The Bertz CT molecular complexity index is 1120. The van der Waals surface area contributed by atoms with Gasteiger partial charge in [0.1, 0.15) is 0 Å². The molecule has 0 aliphatic rings. The zero-order valence-electron chi connectivity index (χ0n) is 27.6. The summed E-state index contributed by atoms with van der Waals surface area (Å²) in [5, 5.41) is 23.2. The van der Waals surface area contributed by atoms with Crippen LogP contribution in [0.1, 0.15) is 124 Å². The topological polar surface area (TPSA) is 68.2 Å². The Hall–Kier alpha value is -1.65. The summed E-state index contributed by atoms with van der Waals surface area (Å²) in [6.07, 6.45) is 2.46. The van der Waals surface area contributed by atoms with Crippen LogP contribution in [0, 0.1) is 6.92 Å². The number of hydrogen-bond acceptors (Lipinski definition) is 5. The number of phenolic OH excluding ortho intramolecular Hbond substituents is 2. The van der Waals surface area contributed by atoms with Crippen molar-refractivity contribution in [3.05, 3.63) is 52.1 Å². The van der Waals surface area contributed by atoms with Crippen LogP contribution in [0.2, 0.25) is 0 Å². The summed E-state index contributed by atoms with van der Waals surface area (Å²) in [7, 11) is -3.93. The first-order valence-corrected chi connectivity index (χ1v) is 17.1. The Balaban J connectivity index is 2.90. The molecule has 2 rings (SSSR count). The van der Waals surface area contributed by atoms with Crippen LogP contribution in [0.5, 0.6) is 11.5 Å². The van der Waals surface area contributed by atoms with E-state index < -0.39 is 7.28 Å². The Labute approximate surface area is 244 Å². The molecule has 5 nitrogen and oxygen atoms in total. The Kier molecular flexibility index (Phi) is 10.6. The quantitative estimate of drug-likeness (QED) is 0.261. The number of unbranched alkanes of at least 4 members (excludes halogenated alkanes) is 1. The molecule has 0 unspecified atom stereocenters. The van der Waals surface area contributed by atoms with Crippen LogP contribution < -0.4 is 5.30 Å². The minimum atomic E-state index is -3.93. The van der Waals surface area contributed by atoms with Crippen LogP contribution in [0.25, 0.3) is 0 Å². The standard InChI is InChI=1S/C34H57O5P/c1-14-17-18-40(37-15-2,38-16-3,30-22-26(32(5,6)7)29(35)19-24(30)4)39-23-25-20-27(33(8,9)10)31(36)28(21-25)34(11,12)13/h19-22,35-36H,14-18,23H2,1-13H3. The van der Waals surface area contributed by atoms with Crippen molar-refractivity contribution in [2.24, 2.45) is 0 Å². The summed E-state index contributed by atoms with van der Waals surface area (Å²) in [4.78, 5) is 0. The van der Waals surface area contributed by atoms with E-state index in [0.29, 0.717) is 25.1 Å². The fourth-order valence-corrected chi connectivity index (χ4v) is 10.2. The zero-order chi connectivity index (χ0) is 30.8. The van der Waals surface area contributed by atoms with E-state index >= 15 is 0 Å². The van der Waals surface area contributed by atoms with Gasteiger partial charge in [0.05, 0.1) is 0 Å². The molecule has 0 atom stereocenters. The number of aryl methyl sites for hydroxylation is 1. The minimum absolute atomic E-state index is 0.247. The zero-order valence-corrected chi connectivity index (χ0v) is 28.5. The summed E-state index contributed by atoms with van der Waals surface area (Å²) in [5.41, 5.74) is 3.74. The molecule has 0 amide bonds. The van der Waals surface area contributed by atoms with Gasteiger partial charge in [0, 0.05) is 0 Å². The third-order valence-electron chi connectivity index (χ3n) is 7.54. The van der Waals surface area contributed by atoms with Gasteiger partial charge >= 0.3 is 245 Å². The van der Waals surface area contributed by atoms with Crippen molar-refractivity contribution in [1.29, 1.82) is 0 Å². The molecule has 0 aliphatic carbocycles. The van der Waals surface area contributed by atoms with Gasteiger partial charge in [-0.05, 0) is 0 Å². The summed E-state index contributed by atoms with van der Waals surface area (Å²) < 4.78 is 20.8. The predicted molar refractivity (Wildman–Crippen MR) is 171 cm³/mol. The molecule has 0 bridgehead atoms. The van der Waals surface area contributed by atoms with Crippen molar-refractivity contribution in [1.82, 2.24) is 0 Å². The van der Waals surface area contributed by atoms with Crippen molar-refractivity contribution in [3.63, 3.8) is 0 Å². The fourth-order valence-electron chi connectivity index (χ4n) is 5.46. The third kappa shape index (κ3) is 7.21. The van der Waals surface area contributed by atoms with Gasteiger partial charge in [0.2, 0.25) is 0 Å². The van der Waals surface area contributed by atoms with Gasteiger partial charge < -0.3 is 0 Å². The Morgan fingerprint density at radius 2 is 1.15 bits per heavy atom. The predicted octanol–water partition coefficient (Wildman–Crippen LogP) is 9.31. The van der Waals surface area contributed by atoms with Crippen molar-refractivity contribution < 1.29 is 23.8 Å². The molecule has 2 aromatic carbocycles. The number of rotatable bonds is 11. The molecular formula is C34H57O5P. The normalized spacial score (nSPS) is 14.3. The molecule has 228 valence electrons. The molecule has 0 fully saturated rings. The second-order valence-corrected chi connectivity index (χ2v) is 18.0. The van der Waals surface area contributed by atoms with E-state index in [0.717, 1.165) is 46.0 Å². The van der Waals surface area contributed by atoms with Crippen LogP contribution in [-0.4, -0.2) is 29.6 Å². The van der Waals surface area contributed by atoms with Gasteiger partial charge in [-0.3, -0.25) is 0 Å². The van der Waals surface area contributed by atoms with E-state index in [-0.39, 0.29) is 28.6 Å². The van der Waals surface area contributed by atoms with Gasteiger partial charge in [-0.2, -0.15) is 0 Å². The molecule has 0 saturated heterocycles. The summed E-state index contributed by atoms with van der Waals surface area (Å²) >= 11 is 0. The Morgan fingerprint density at radius 3 is 1.55 bits per heavy atom.